The summed E-state index contributed by atoms with van der Waals surface area (Å²) in [6.07, 6.45) is -4.77. The minimum atomic E-state index is -4.77. The van der Waals surface area contributed by atoms with Crippen LogP contribution in [0.4, 0.5) is 18.9 Å². The normalized spacial score (nSPS) is 11.4. The Morgan fingerprint density at radius 1 is 1.12 bits per heavy atom. The summed E-state index contributed by atoms with van der Waals surface area (Å²) in [7, 11) is 0. The molecule has 0 aliphatic heterocycles. The van der Waals surface area contributed by atoms with E-state index in [-0.39, 0.29) is 23.2 Å². The van der Waals surface area contributed by atoms with E-state index in [0.717, 1.165) is 12.1 Å². The van der Waals surface area contributed by atoms with E-state index >= 15 is 0 Å². The number of nitrogens with zero attached hydrogens (tertiary/aromatic N) is 3. The van der Waals surface area contributed by atoms with Crippen molar-refractivity contribution in [3.8, 4) is 28.6 Å². The molecule has 0 bridgehead atoms. The van der Waals surface area contributed by atoms with Gasteiger partial charge in [0.05, 0.1) is 4.92 Å². The molecule has 0 N–H and O–H groups in total. The van der Waals surface area contributed by atoms with Gasteiger partial charge in [0, 0.05) is 22.8 Å². The van der Waals surface area contributed by atoms with Gasteiger partial charge in [-0.25, -0.2) is 0 Å². The Kier molecular flexibility index (Phi) is 4.33. The summed E-state index contributed by atoms with van der Waals surface area (Å²) in [5.41, 5.74) is 1.32. The Bertz CT molecular complexity index is 952. The maximum atomic E-state index is 12.2. The van der Waals surface area contributed by atoms with Crippen molar-refractivity contribution in [2.45, 2.75) is 13.3 Å². The van der Waals surface area contributed by atoms with Crippen LogP contribution in [-0.2, 0) is 0 Å². The zero-order valence-electron chi connectivity index (χ0n) is 13.1. The van der Waals surface area contributed by atoms with E-state index in [9.17, 15) is 23.3 Å². The fourth-order valence-corrected chi connectivity index (χ4v) is 2.26. The summed E-state index contributed by atoms with van der Waals surface area (Å²) in [5.74, 6) is -0.0739. The van der Waals surface area contributed by atoms with Crippen LogP contribution in [0.5, 0.6) is 5.75 Å². The summed E-state index contributed by atoms with van der Waals surface area (Å²) in [4.78, 5) is 14.5. The molecule has 3 aromatic rings. The van der Waals surface area contributed by atoms with Crippen molar-refractivity contribution in [2.24, 2.45) is 0 Å². The fourth-order valence-electron chi connectivity index (χ4n) is 2.26. The molecule has 0 aliphatic carbocycles. The number of hydrogen-bond donors (Lipinski definition) is 0. The van der Waals surface area contributed by atoms with E-state index in [0.29, 0.717) is 16.7 Å². The second-order valence-electron chi connectivity index (χ2n) is 5.25. The predicted molar refractivity (Wildman–Crippen MR) is 83.2 cm³/mol. The fraction of sp³-hybridized carbons (Fsp3) is 0.125. The molecule has 26 heavy (non-hydrogen) atoms. The lowest BCUT2D eigenvalue weighted by molar-refractivity contribution is -0.385. The standard InChI is InChI=1S/C16H10F3N3O4/c1-9-8-11(4-7-13(9)22(23)24)14-20-15(26-21-14)10-2-5-12(6-3-10)25-16(17,18)19/h2-8H,1H3. The van der Waals surface area contributed by atoms with Crippen molar-refractivity contribution in [3.63, 3.8) is 0 Å². The summed E-state index contributed by atoms with van der Waals surface area (Å²) in [6, 6.07) is 9.32. The van der Waals surface area contributed by atoms with Crippen LogP contribution < -0.4 is 4.74 Å². The zero-order valence-corrected chi connectivity index (χ0v) is 13.1. The molecule has 1 aromatic heterocycles. The van der Waals surface area contributed by atoms with Crippen molar-refractivity contribution in [3.05, 3.63) is 58.1 Å². The molecule has 0 saturated heterocycles. The third-order valence-corrected chi connectivity index (χ3v) is 3.41. The lowest BCUT2D eigenvalue weighted by Gasteiger charge is -2.08. The highest BCUT2D eigenvalue weighted by Gasteiger charge is 2.31. The highest BCUT2D eigenvalue weighted by atomic mass is 19.4. The number of halogens is 3. The van der Waals surface area contributed by atoms with Crippen LogP contribution in [0.3, 0.4) is 0 Å². The molecule has 0 spiro atoms. The van der Waals surface area contributed by atoms with Gasteiger partial charge in [0.15, 0.2) is 0 Å². The van der Waals surface area contributed by atoms with Crippen LogP contribution in [0.25, 0.3) is 22.8 Å². The molecular formula is C16H10F3N3O4. The number of aryl methyl sites for hydroxylation is 1. The van der Waals surface area contributed by atoms with Gasteiger partial charge in [-0.3, -0.25) is 10.1 Å². The number of nitro benzene ring substituents is 1. The van der Waals surface area contributed by atoms with Crippen molar-refractivity contribution in [1.82, 2.24) is 10.1 Å². The SMILES string of the molecule is Cc1cc(-c2noc(-c3ccc(OC(F)(F)F)cc3)n2)ccc1[N+](=O)[O-]. The molecule has 2 aromatic carbocycles. The molecule has 0 fully saturated rings. The Morgan fingerprint density at radius 3 is 2.35 bits per heavy atom. The van der Waals surface area contributed by atoms with E-state index in [1.165, 1.54) is 24.3 Å². The lowest BCUT2D eigenvalue weighted by Crippen LogP contribution is -2.16. The molecule has 0 saturated carbocycles. The number of nitro groups is 1. The van der Waals surface area contributed by atoms with Crippen LogP contribution in [0.2, 0.25) is 0 Å². The summed E-state index contributed by atoms with van der Waals surface area (Å²) >= 11 is 0. The second kappa shape index (κ2) is 6.47. The molecule has 0 unspecified atom stereocenters. The number of hydrogen-bond acceptors (Lipinski definition) is 6. The average Bonchev–Trinajstić information content (AvgIpc) is 3.03. The molecule has 0 atom stereocenters. The number of benzene rings is 2. The Hall–Kier alpha value is -3.43. The largest absolute Gasteiger partial charge is 0.573 e. The van der Waals surface area contributed by atoms with E-state index in [1.807, 2.05) is 0 Å². The average molecular weight is 365 g/mol. The third-order valence-electron chi connectivity index (χ3n) is 3.41. The molecule has 0 radical (unpaired) electrons. The lowest BCUT2D eigenvalue weighted by atomic mass is 10.1. The summed E-state index contributed by atoms with van der Waals surface area (Å²) < 4.78 is 45.4. The molecule has 3 rings (SSSR count). The molecule has 10 heteroatoms. The zero-order chi connectivity index (χ0) is 18.9. The summed E-state index contributed by atoms with van der Waals surface area (Å²) in [5, 5.41) is 14.6. The van der Waals surface area contributed by atoms with E-state index < -0.39 is 11.3 Å². The van der Waals surface area contributed by atoms with Gasteiger partial charge < -0.3 is 9.26 Å². The molecule has 1 heterocycles. The molecule has 0 aliphatic rings. The van der Waals surface area contributed by atoms with Crippen LogP contribution in [0.15, 0.2) is 47.0 Å². The number of ether oxygens (including phenoxy) is 1. The van der Waals surface area contributed by atoms with Gasteiger partial charge in [-0.15, -0.1) is 13.2 Å². The number of rotatable bonds is 4. The minimum Gasteiger partial charge on any atom is -0.406 e. The predicted octanol–water partition coefficient (Wildman–Crippen LogP) is 4.52. The maximum Gasteiger partial charge on any atom is 0.573 e. The summed E-state index contributed by atoms with van der Waals surface area (Å²) in [6.45, 7) is 1.59. The molecular weight excluding hydrogens is 355 g/mol. The topological polar surface area (TPSA) is 91.3 Å². The van der Waals surface area contributed by atoms with Gasteiger partial charge >= 0.3 is 6.36 Å². The molecule has 7 nitrogen and oxygen atoms in total. The van der Waals surface area contributed by atoms with E-state index in [4.69, 9.17) is 4.52 Å². The van der Waals surface area contributed by atoms with Crippen LogP contribution in [0.1, 0.15) is 5.56 Å². The van der Waals surface area contributed by atoms with E-state index in [2.05, 4.69) is 14.9 Å². The smallest absolute Gasteiger partial charge is 0.406 e. The highest BCUT2D eigenvalue weighted by molar-refractivity contribution is 5.63. The first-order chi connectivity index (χ1) is 12.2. The van der Waals surface area contributed by atoms with Gasteiger partial charge in [0.1, 0.15) is 5.75 Å². The monoisotopic (exact) mass is 365 g/mol. The van der Waals surface area contributed by atoms with Gasteiger partial charge in [-0.1, -0.05) is 5.16 Å². The highest BCUT2D eigenvalue weighted by Crippen LogP contribution is 2.28. The first-order valence-corrected chi connectivity index (χ1v) is 7.18. The van der Waals surface area contributed by atoms with Crippen molar-refractivity contribution in [2.75, 3.05) is 0 Å². The van der Waals surface area contributed by atoms with Gasteiger partial charge in [-0.2, -0.15) is 4.98 Å². The van der Waals surface area contributed by atoms with Crippen LogP contribution in [-0.4, -0.2) is 21.4 Å². The Labute approximate surface area is 144 Å². The molecule has 0 amide bonds. The van der Waals surface area contributed by atoms with Gasteiger partial charge in [-0.05, 0) is 43.3 Å². The van der Waals surface area contributed by atoms with Gasteiger partial charge in [0.2, 0.25) is 5.82 Å². The van der Waals surface area contributed by atoms with Crippen LogP contribution in [0, 0.1) is 17.0 Å². The number of alkyl halides is 3. The van der Waals surface area contributed by atoms with Crippen molar-refractivity contribution >= 4 is 5.69 Å². The minimum absolute atomic E-state index is 0.0299. The van der Waals surface area contributed by atoms with Crippen molar-refractivity contribution in [1.29, 1.82) is 0 Å². The van der Waals surface area contributed by atoms with Crippen molar-refractivity contribution < 1.29 is 27.4 Å². The van der Waals surface area contributed by atoms with E-state index in [1.54, 1.807) is 13.0 Å². The maximum absolute atomic E-state index is 12.2. The quantitative estimate of drug-likeness (QED) is 0.499. The Morgan fingerprint density at radius 2 is 1.77 bits per heavy atom. The first kappa shape index (κ1) is 17.4. The molecule has 134 valence electrons. The third kappa shape index (κ3) is 3.79. The number of aromatic nitrogens is 2. The van der Waals surface area contributed by atoms with Gasteiger partial charge in [0.25, 0.3) is 11.6 Å². The first-order valence-electron chi connectivity index (χ1n) is 7.18. The van der Waals surface area contributed by atoms with Crippen LogP contribution >= 0.6 is 0 Å². The second-order valence-corrected chi connectivity index (χ2v) is 5.25. The Balaban J connectivity index is 1.84.